The molecule has 2 rings (SSSR count). The van der Waals surface area contributed by atoms with E-state index < -0.39 is 18.2 Å². The minimum Gasteiger partial charge on any atom is -0.467 e. The molecular formula is C12H14N2O4. The molecule has 6 heteroatoms. The van der Waals surface area contributed by atoms with Crippen LogP contribution in [0.2, 0.25) is 0 Å². The van der Waals surface area contributed by atoms with Gasteiger partial charge in [-0.25, -0.2) is 4.79 Å². The van der Waals surface area contributed by atoms with E-state index in [4.69, 9.17) is 14.7 Å². The van der Waals surface area contributed by atoms with E-state index in [0.29, 0.717) is 12.8 Å². The summed E-state index contributed by atoms with van der Waals surface area (Å²) in [6.07, 6.45) is 2.29. The Labute approximate surface area is 105 Å². The summed E-state index contributed by atoms with van der Waals surface area (Å²) in [4.78, 5) is 24.7. The molecule has 0 N–H and O–H groups in total. The number of ether oxygens (including phenoxy) is 2. The lowest BCUT2D eigenvalue weighted by molar-refractivity contribution is -0.157. The number of methoxy groups -OCH3 is 1. The lowest BCUT2D eigenvalue weighted by Gasteiger charge is -2.31. The first kappa shape index (κ1) is 12.4. The van der Waals surface area contributed by atoms with Crippen molar-refractivity contribution < 1.29 is 19.1 Å². The van der Waals surface area contributed by atoms with E-state index in [1.807, 2.05) is 6.07 Å². The average Bonchev–Trinajstić information content (AvgIpc) is 2.75. The summed E-state index contributed by atoms with van der Waals surface area (Å²) in [5.41, 5.74) is 0. The van der Waals surface area contributed by atoms with Crippen molar-refractivity contribution >= 4 is 11.9 Å². The molecule has 18 heavy (non-hydrogen) atoms. The van der Waals surface area contributed by atoms with Crippen molar-refractivity contribution in [3.63, 3.8) is 0 Å². The van der Waals surface area contributed by atoms with Gasteiger partial charge in [-0.15, -0.1) is 0 Å². The molecule has 0 radical (unpaired) electrons. The number of esters is 1. The first-order valence-electron chi connectivity index (χ1n) is 5.72. The van der Waals surface area contributed by atoms with Crippen LogP contribution in [0.25, 0.3) is 0 Å². The minimum atomic E-state index is -0.617. The van der Waals surface area contributed by atoms with Crippen molar-refractivity contribution in [2.75, 3.05) is 7.11 Å². The van der Waals surface area contributed by atoms with Gasteiger partial charge in [0.25, 0.3) is 0 Å². The van der Waals surface area contributed by atoms with Crippen LogP contribution in [0.4, 0.5) is 0 Å². The second-order valence-electron chi connectivity index (χ2n) is 4.39. The molecule has 1 fully saturated rings. The van der Waals surface area contributed by atoms with Crippen molar-refractivity contribution in [1.29, 1.82) is 5.26 Å². The van der Waals surface area contributed by atoms with Gasteiger partial charge < -0.3 is 9.47 Å². The van der Waals surface area contributed by atoms with Crippen molar-refractivity contribution in [2.24, 2.45) is 5.92 Å². The van der Waals surface area contributed by atoms with E-state index in [9.17, 15) is 9.59 Å². The van der Waals surface area contributed by atoms with Crippen LogP contribution in [0.1, 0.15) is 19.8 Å². The number of hydrogen-bond donors (Lipinski definition) is 0. The molecule has 1 saturated heterocycles. The third-order valence-corrected chi connectivity index (χ3v) is 3.34. The average molecular weight is 250 g/mol. The fraction of sp³-hybridized carbons (Fsp3) is 0.583. The highest BCUT2D eigenvalue weighted by molar-refractivity contribution is 5.84. The third-order valence-electron chi connectivity index (χ3n) is 3.34. The van der Waals surface area contributed by atoms with Crippen LogP contribution in [0, 0.1) is 17.2 Å². The molecule has 0 aromatic heterocycles. The van der Waals surface area contributed by atoms with E-state index in [1.165, 1.54) is 18.9 Å². The molecule has 96 valence electrons. The van der Waals surface area contributed by atoms with E-state index in [0.717, 1.165) is 0 Å². The number of rotatable bonds is 1. The zero-order valence-electron chi connectivity index (χ0n) is 10.3. The smallest absolute Gasteiger partial charge is 0.328 e. The summed E-state index contributed by atoms with van der Waals surface area (Å²) >= 11 is 0. The number of nitriles is 1. The first-order chi connectivity index (χ1) is 8.58. The Morgan fingerprint density at radius 3 is 2.89 bits per heavy atom. The Morgan fingerprint density at radius 2 is 2.33 bits per heavy atom. The van der Waals surface area contributed by atoms with Crippen molar-refractivity contribution in [2.45, 2.75) is 32.0 Å². The maximum absolute atomic E-state index is 11.7. The lowest BCUT2D eigenvalue weighted by atomic mass is 9.98. The predicted molar refractivity (Wildman–Crippen MR) is 59.6 cm³/mol. The Hall–Kier alpha value is -2.03. The Morgan fingerprint density at radius 1 is 1.61 bits per heavy atom. The topological polar surface area (TPSA) is 79.6 Å². The van der Waals surface area contributed by atoms with Crippen LogP contribution in [0.3, 0.4) is 0 Å². The molecule has 0 aliphatic carbocycles. The van der Waals surface area contributed by atoms with Crippen molar-refractivity contribution in [1.82, 2.24) is 4.90 Å². The van der Waals surface area contributed by atoms with Crippen LogP contribution in [0.5, 0.6) is 0 Å². The number of nitrogens with zero attached hydrogens (tertiary/aromatic N) is 2. The second kappa shape index (κ2) is 4.69. The zero-order valence-corrected chi connectivity index (χ0v) is 10.3. The van der Waals surface area contributed by atoms with Gasteiger partial charge in [-0.05, 0) is 18.9 Å². The second-order valence-corrected chi connectivity index (χ2v) is 4.39. The molecule has 1 amide bonds. The molecular weight excluding hydrogens is 236 g/mol. The number of fused-ring (bicyclic) bond motifs is 1. The maximum Gasteiger partial charge on any atom is 0.328 e. The van der Waals surface area contributed by atoms with E-state index in [-0.39, 0.29) is 17.6 Å². The molecule has 0 aromatic carbocycles. The molecule has 6 nitrogen and oxygen atoms in total. The largest absolute Gasteiger partial charge is 0.467 e. The number of likely N-dealkylation sites (tertiary alicyclic amines) is 1. The highest BCUT2D eigenvalue weighted by Gasteiger charge is 2.49. The molecule has 0 aromatic rings. The van der Waals surface area contributed by atoms with Crippen LogP contribution in [0.15, 0.2) is 11.8 Å². The first-order valence-corrected chi connectivity index (χ1v) is 5.72. The van der Waals surface area contributed by atoms with E-state index >= 15 is 0 Å². The van der Waals surface area contributed by atoms with Crippen molar-refractivity contribution in [3.8, 4) is 6.07 Å². The summed E-state index contributed by atoms with van der Waals surface area (Å²) in [6, 6.07) is 1.30. The van der Waals surface area contributed by atoms with Gasteiger partial charge >= 0.3 is 5.97 Å². The molecule has 0 bridgehead atoms. The highest BCUT2D eigenvalue weighted by Crippen LogP contribution is 2.38. The SMILES string of the molecule is COC(=O)[C@H]1C[C@H]2CC=C(C#N)O[C@@H]2N1C(C)=O. The minimum absolute atomic E-state index is 0.0371. The summed E-state index contributed by atoms with van der Waals surface area (Å²) in [7, 11) is 1.29. The van der Waals surface area contributed by atoms with Crippen LogP contribution in [-0.4, -0.2) is 36.2 Å². The third kappa shape index (κ3) is 1.92. The number of amides is 1. The molecule has 3 atom stereocenters. The normalized spacial score (nSPS) is 29.7. The van der Waals surface area contributed by atoms with Gasteiger partial charge in [0.15, 0.2) is 12.0 Å². The summed E-state index contributed by atoms with van der Waals surface area (Å²) in [6.45, 7) is 1.38. The van der Waals surface area contributed by atoms with Gasteiger partial charge in [-0.3, -0.25) is 9.69 Å². The van der Waals surface area contributed by atoms with Crippen LogP contribution in [-0.2, 0) is 19.1 Å². The van der Waals surface area contributed by atoms with Gasteiger partial charge in [0.05, 0.1) is 7.11 Å². The fourth-order valence-electron chi connectivity index (χ4n) is 2.54. The van der Waals surface area contributed by atoms with Gasteiger partial charge in [0.1, 0.15) is 12.1 Å². The summed E-state index contributed by atoms with van der Waals surface area (Å²) in [5, 5.41) is 8.82. The van der Waals surface area contributed by atoms with Gasteiger partial charge in [-0.2, -0.15) is 5.26 Å². The fourth-order valence-corrected chi connectivity index (χ4v) is 2.54. The van der Waals surface area contributed by atoms with Gasteiger partial charge in [-0.1, -0.05) is 0 Å². The summed E-state index contributed by atoms with van der Waals surface area (Å²) < 4.78 is 10.2. The highest BCUT2D eigenvalue weighted by atomic mass is 16.5. The molecule has 0 saturated carbocycles. The van der Waals surface area contributed by atoms with E-state index in [1.54, 1.807) is 6.08 Å². The number of carbonyl (C=O) groups is 2. The number of carbonyl (C=O) groups excluding carboxylic acids is 2. The van der Waals surface area contributed by atoms with Crippen LogP contribution < -0.4 is 0 Å². The molecule has 2 aliphatic rings. The Balaban J connectivity index is 2.25. The predicted octanol–water partition coefficient (Wildman–Crippen LogP) is 0.550. The summed E-state index contributed by atoms with van der Waals surface area (Å²) in [5.74, 6) is -0.457. The molecule has 2 heterocycles. The van der Waals surface area contributed by atoms with Crippen LogP contribution >= 0.6 is 0 Å². The Kier molecular flexibility index (Phi) is 3.24. The molecule has 0 spiro atoms. The monoisotopic (exact) mass is 250 g/mol. The zero-order chi connectivity index (χ0) is 13.3. The standard InChI is InChI=1S/C12H14N2O4/c1-7(15)14-10(12(16)17-2)5-8-3-4-9(6-13)18-11(8)14/h4,8,10-11H,3,5H2,1-2H3/t8-,10-,11+/m1/s1. The van der Waals surface area contributed by atoms with Gasteiger partial charge in [0.2, 0.25) is 5.91 Å². The van der Waals surface area contributed by atoms with Gasteiger partial charge in [0, 0.05) is 12.8 Å². The number of allylic oxidation sites excluding steroid dienone is 2. The molecule has 0 unspecified atom stereocenters. The quantitative estimate of drug-likeness (QED) is 0.635. The van der Waals surface area contributed by atoms with Crippen molar-refractivity contribution in [3.05, 3.63) is 11.8 Å². The number of hydrogen-bond acceptors (Lipinski definition) is 5. The lowest BCUT2D eigenvalue weighted by Crippen LogP contribution is -2.46. The maximum atomic E-state index is 11.7. The Bertz CT molecular complexity index is 451. The van der Waals surface area contributed by atoms with E-state index in [2.05, 4.69) is 0 Å². The molecule has 2 aliphatic heterocycles.